The zero-order valence-corrected chi connectivity index (χ0v) is 14.6. The fraction of sp³-hybridized carbons (Fsp3) is 0.211. The van der Waals surface area contributed by atoms with Crippen LogP contribution in [0, 0.1) is 0 Å². The monoisotopic (exact) mass is 345 g/mol. The SMILES string of the molecule is C[C@H](NC(=O)CSC/C=C/c1ccccc1)c1cccc(Cl)c1. The molecule has 0 bridgehead atoms. The second-order valence-electron chi connectivity index (χ2n) is 5.17. The summed E-state index contributed by atoms with van der Waals surface area (Å²) in [6.07, 6.45) is 4.15. The van der Waals surface area contributed by atoms with Gasteiger partial charge in [-0.05, 0) is 30.2 Å². The number of amides is 1. The molecule has 2 aromatic rings. The van der Waals surface area contributed by atoms with Gasteiger partial charge in [-0.2, -0.15) is 0 Å². The predicted octanol–water partition coefficient (Wildman–Crippen LogP) is 4.96. The molecule has 4 heteroatoms. The second-order valence-corrected chi connectivity index (χ2v) is 6.64. The van der Waals surface area contributed by atoms with E-state index < -0.39 is 0 Å². The van der Waals surface area contributed by atoms with Crippen molar-refractivity contribution < 1.29 is 4.79 Å². The fourth-order valence-corrected chi connectivity index (χ4v) is 2.93. The first-order valence-corrected chi connectivity index (χ1v) is 9.02. The molecule has 0 aromatic heterocycles. The first-order chi connectivity index (χ1) is 11.1. The van der Waals surface area contributed by atoms with E-state index >= 15 is 0 Å². The Morgan fingerprint density at radius 1 is 1.22 bits per heavy atom. The number of thioether (sulfide) groups is 1. The van der Waals surface area contributed by atoms with Crippen molar-refractivity contribution in [3.8, 4) is 0 Å². The summed E-state index contributed by atoms with van der Waals surface area (Å²) in [6, 6.07) is 17.7. The molecule has 23 heavy (non-hydrogen) atoms. The molecular formula is C19H20ClNOS. The molecule has 1 amide bonds. The van der Waals surface area contributed by atoms with Gasteiger partial charge >= 0.3 is 0 Å². The van der Waals surface area contributed by atoms with Crippen molar-refractivity contribution in [1.29, 1.82) is 0 Å². The molecule has 1 atom stereocenters. The van der Waals surface area contributed by atoms with Crippen molar-refractivity contribution in [2.24, 2.45) is 0 Å². The minimum atomic E-state index is -0.0401. The van der Waals surface area contributed by atoms with Gasteiger partial charge < -0.3 is 5.32 Å². The molecule has 0 saturated carbocycles. The molecule has 0 radical (unpaired) electrons. The Kier molecular flexibility index (Phi) is 7.24. The highest BCUT2D eigenvalue weighted by molar-refractivity contribution is 8.00. The van der Waals surface area contributed by atoms with Crippen LogP contribution in [0.25, 0.3) is 6.08 Å². The molecular weight excluding hydrogens is 326 g/mol. The van der Waals surface area contributed by atoms with E-state index in [0.717, 1.165) is 11.3 Å². The average molecular weight is 346 g/mol. The molecule has 2 aromatic carbocycles. The zero-order valence-electron chi connectivity index (χ0n) is 13.0. The summed E-state index contributed by atoms with van der Waals surface area (Å²) in [6.45, 7) is 1.96. The molecule has 0 unspecified atom stereocenters. The van der Waals surface area contributed by atoms with E-state index in [0.29, 0.717) is 10.8 Å². The van der Waals surface area contributed by atoms with Gasteiger partial charge in [0.1, 0.15) is 0 Å². The van der Waals surface area contributed by atoms with Crippen molar-refractivity contribution in [3.05, 3.63) is 76.8 Å². The second kappa shape index (κ2) is 9.43. The van der Waals surface area contributed by atoms with Crippen LogP contribution in [0.1, 0.15) is 24.1 Å². The molecule has 2 nitrogen and oxygen atoms in total. The summed E-state index contributed by atoms with van der Waals surface area (Å²) < 4.78 is 0. The van der Waals surface area contributed by atoms with Gasteiger partial charge in [0.25, 0.3) is 0 Å². The van der Waals surface area contributed by atoms with E-state index in [-0.39, 0.29) is 11.9 Å². The number of carbonyl (C=O) groups excluding carboxylic acids is 1. The Morgan fingerprint density at radius 2 is 2.00 bits per heavy atom. The number of halogens is 1. The maximum absolute atomic E-state index is 12.0. The molecule has 1 N–H and O–H groups in total. The summed E-state index contributed by atoms with van der Waals surface area (Å²) in [5.41, 5.74) is 2.19. The highest BCUT2D eigenvalue weighted by Gasteiger charge is 2.09. The van der Waals surface area contributed by atoms with Crippen molar-refractivity contribution in [2.45, 2.75) is 13.0 Å². The topological polar surface area (TPSA) is 29.1 Å². The van der Waals surface area contributed by atoms with Gasteiger partial charge in [-0.1, -0.05) is 66.2 Å². The highest BCUT2D eigenvalue weighted by Crippen LogP contribution is 2.17. The van der Waals surface area contributed by atoms with E-state index in [1.807, 2.05) is 49.4 Å². The first kappa shape index (κ1) is 17.6. The third-order valence-corrected chi connectivity index (χ3v) is 4.41. The molecule has 0 aliphatic rings. The minimum absolute atomic E-state index is 0.0376. The van der Waals surface area contributed by atoms with Crippen LogP contribution in [0.4, 0.5) is 0 Å². The van der Waals surface area contributed by atoms with E-state index in [9.17, 15) is 4.79 Å². The van der Waals surface area contributed by atoms with E-state index in [2.05, 4.69) is 29.6 Å². The van der Waals surface area contributed by atoms with Crippen LogP contribution in [0.3, 0.4) is 0 Å². The fourth-order valence-electron chi connectivity index (χ4n) is 2.11. The minimum Gasteiger partial charge on any atom is -0.349 e. The summed E-state index contributed by atoms with van der Waals surface area (Å²) in [5, 5.41) is 3.67. The van der Waals surface area contributed by atoms with Crippen LogP contribution < -0.4 is 5.32 Å². The Balaban J connectivity index is 1.70. The first-order valence-electron chi connectivity index (χ1n) is 7.49. The van der Waals surface area contributed by atoms with Crippen LogP contribution in [0.2, 0.25) is 5.02 Å². The molecule has 0 aliphatic carbocycles. The summed E-state index contributed by atoms with van der Waals surface area (Å²) in [7, 11) is 0. The van der Waals surface area contributed by atoms with Crippen molar-refractivity contribution in [2.75, 3.05) is 11.5 Å². The van der Waals surface area contributed by atoms with Gasteiger partial charge in [0.05, 0.1) is 11.8 Å². The third-order valence-electron chi connectivity index (χ3n) is 3.28. The molecule has 0 aliphatic heterocycles. The number of hydrogen-bond acceptors (Lipinski definition) is 2. The number of rotatable bonds is 7. The lowest BCUT2D eigenvalue weighted by atomic mass is 10.1. The quantitative estimate of drug-likeness (QED) is 0.718. The number of carbonyl (C=O) groups is 1. The van der Waals surface area contributed by atoms with Gasteiger partial charge in [-0.3, -0.25) is 4.79 Å². The predicted molar refractivity (Wildman–Crippen MR) is 101 cm³/mol. The molecule has 0 spiro atoms. The largest absolute Gasteiger partial charge is 0.349 e. The van der Waals surface area contributed by atoms with E-state index in [1.54, 1.807) is 11.8 Å². The van der Waals surface area contributed by atoms with Crippen molar-refractivity contribution in [3.63, 3.8) is 0 Å². The normalized spacial score (nSPS) is 12.3. The smallest absolute Gasteiger partial charge is 0.230 e. The van der Waals surface area contributed by atoms with Gasteiger partial charge in [0, 0.05) is 10.8 Å². The van der Waals surface area contributed by atoms with E-state index in [1.165, 1.54) is 5.56 Å². The summed E-state index contributed by atoms with van der Waals surface area (Å²) in [4.78, 5) is 12.0. The zero-order chi connectivity index (χ0) is 16.5. The Hall–Kier alpha value is -1.71. The molecule has 0 heterocycles. The maximum atomic E-state index is 12.0. The molecule has 2 rings (SSSR count). The molecule has 0 fully saturated rings. The van der Waals surface area contributed by atoms with Gasteiger partial charge in [-0.15, -0.1) is 11.8 Å². The third kappa shape index (κ3) is 6.51. The van der Waals surface area contributed by atoms with Gasteiger partial charge in [0.2, 0.25) is 5.91 Å². The van der Waals surface area contributed by atoms with Crippen LogP contribution in [-0.2, 0) is 4.79 Å². The van der Waals surface area contributed by atoms with Crippen LogP contribution in [-0.4, -0.2) is 17.4 Å². The lowest BCUT2D eigenvalue weighted by Crippen LogP contribution is -2.28. The number of nitrogens with one attached hydrogen (secondary N) is 1. The maximum Gasteiger partial charge on any atom is 0.230 e. The molecule has 0 saturated heterocycles. The summed E-state index contributed by atoms with van der Waals surface area (Å²) in [5.74, 6) is 1.30. The Labute approximate surface area is 146 Å². The van der Waals surface area contributed by atoms with Gasteiger partial charge in [0.15, 0.2) is 0 Å². The number of benzene rings is 2. The lowest BCUT2D eigenvalue weighted by molar-refractivity contribution is -0.119. The standard InChI is InChI=1S/C19H20ClNOS/c1-15(17-10-5-11-18(20)13-17)21-19(22)14-23-12-6-9-16-7-3-2-4-8-16/h2-11,13,15H,12,14H2,1H3,(H,21,22)/b9-6+/t15-/m0/s1. The summed E-state index contributed by atoms with van der Waals surface area (Å²) >= 11 is 7.57. The number of hydrogen-bond donors (Lipinski definition) is 1. The van der Waals surface area contributed by atoms with Crippen LogP contribution >= 0.6 is 23.4 Å². The average Bonchev–Trinajstić information content (AvgIpc) is 2.55. The lowest BCUT2D eigenvalue weighted by Gasteiger charge is -2.14. The Morgan fingerprint density at radius 3 is 2.74 bits per heavy atom. The highest BCUT2D eigenvalue weighted by atomic mass is 35.5. The van der Waals surface area contributed by atoms with E-state index in [4.69, 9.17) is 11.6 Å². The van der Waals surface area contributed by atoms with Crippen LogP contribution in [0.5, 0.6) is 0 Å². The van der Waals surface area contributed by atoms with Crippen LogP contribution in [0.15, 0.2) is 60.7 Å². The van der Waals surface area contributed by atoms with Gasteiger partial charge in [-0.25, -0.2) is 0 Å². The van der Waals surface area contributed by atoms with Crippen molar-refractivity contribution in [1.82, 2.24) is 5.32 Å². The molecule has 120 valence electrons. The Bertz CT molecular complexity index is 657. The van der Waals surface area contributed by atoms with Crippen molar-refractivity contribution >= 4 is 35.3 Å².